The second-order valence-corrected chi connectivity index (χ2v) is 10.4. The van der Waals surface area contributed by atoms with Crippen LogP contribution in [0.5, 0.6) is 0 Å². The van der Waals surface area contributed by atoms with Crippen molar-refractivity contribution >= 4 is 33.0 Å². The SMILES string of the molecule is CCNC(=NCC(O)CS(=O)(=O)c1cccs1)N(C)CC(=O)NC(C)(C)C. The van der Waals surface area contributed by atoms with Gasteiger partial charge in [0, 0.05) is 19.1 Å². The lowest BCUT2D eigenvalue weighted by atomic mass is 10.1. The molecule has 0 aliphatic rings. The molecule has 1 aromatic rings. The number of nitrogens with zero attached hydrogens (tertiary/aromatic N) is 2. The van der Waals surface area contributed by atoms with E-state index in [4.69, 9.17) is 0 Å². The van der Waals surface area contributed by atoms with Gasteiger partial charge in [-0.1, -0.05) is 6.07 Å². The molecule has 0 fully saturated rings. The van der Waals surface area contributed by atoms with Crippen LogP contribution in [0.3, 0.4) is 0 Å². The van der Waals surface area contributed by atoms with Gasteiger partial charge in [0.1, 0.15) is 4.21 Å². The number of hydrogen-bond acceptors (Lipinski definition) is 6. The molecule has 0 aromatic carbocycles. The van der Waals surface area contributed by atoms with Crippen molar-refractivity contribution in [3.8, 4) is 0 Å². The molecule has 10 heteroatoms. The van der Waals surface area contributed by atoms with E-state index in [2.05, 4.69) is 15.6 Å². The molecule has 8 nitrogen and oxygen atoms in total. The second-order valence-electron chi connectivity index (χ2n) is 7.22. The maximum Gasteiger partial charge on any atom is 0.240 e. The highest BCUT2D eigenvalue weighted by molar-refractivity contribution is 7.93. The predicted octanol–water partition coefficient (Wildman–Crippen LogP) is 0.695. The number of guanidine groups is 1. The van der Waals surface area contributed by atoms with Gasteiger partial charge in [-0.05, 0) is 39.1 Å². The van der Waals surface area contributed by atoms with Gasteiger partial charge in [0.2, 0.25) is 5.91 Å². The third-order valence-electron chi connectivity index (χ3n) is 3.26. The minimum absolute atomic E-state index is 0.0852. The molecule has 0 bridgehead atoms. The summed E-state index contributed by atoms with van der Waals surface area (Å²) < 4.78 is 24.6. The highest BCUT2D eigenvalue weighted by Crippen LogP contribution is 2.18. The van der Waals surface area contributed by atoms with Gasteiger partial charge in [-0.3, -0.25) is 9.79 Å². The average molecular weight is 419 g/mol. The number of amides is 1. The normalized spacial score (nSPS) is 13.9. The smallest absolute Gasteiger partial charge is 0.240 e. The molecule has 1 unspecified atom stereocenters. The molecule has 3 N–H and O–H groups in total. The first-order chi connectivity index (χ1) is 12.4. The molecule has 0 aliphatic carbocycles. The summed E-state index contributed by atoms with van der Waals surface area (Å²) in [6, 6.07) is 3.17. The third kappa shape index (κ3) is 8.72. The van der Waals surface area contributed by atoms with E-state index in [1.54, 1.807) is 23.4 Å². The summed E-state index contributed by atoms with van der Waals surface area (Å²) in [6.45, 7) is 8.16. The fraction of sp³-hybridized carbons (Fsp3) is 0.647. The van der Waals surface area contributed by atoms with Gasteiger partial charge in [0.15, 0.2) is 15.8 Å². The zero-order chi connectivity index (χ0) is 20.7. The Kier molecular flexibility index (Phi) is 8.70. The number of sulfone groups is 1. The highest BCUT2D eigenvalue weighted by atomic mass is 32.2. The van der Waals surface area contributed by atoms with Crippen molar-refractivity contribution in [2.45, 2.75) is 43.5 Å². The molecule has 1 atom stereocenters. The average Bonchev–Trinajstić information content (AvgIpc) is 3.04. The first-order valence-electron chi connectivity index (χ1n) is 8.69. The minimum Gasteiger partial charge on any atom is -0.390 e. The topological polar surface area (TPSA) is 111 Å². The molecule has 0 saturated heterocycles. The lowest BCUT2D eigenvalue weighted by Crippen LogP contribution is -2.49. The number of carbonyl (C=O) groups excluding carboxylic acids is 1. The van der Waals surface area contributed by atoms with E-state index in [0.717, 1.165) is 11.3 Å². The molecule has 1 aromatic heterocycles. The van der Waals surface area contributed by atoms with Crippen LogP contribution in [0.2, 0.25) is 0 Å². The van der Waals surface area contributed by atoms with Crippen LogP contribution in [0.15, 0.2) is 26.7 Å². The van der Waals surface area contributed by atoms with Crippen LogP contribution < -0.4 is 10.6 Å². The van der Waals surface area contributed by atoms with Crippen LogP contribution in [0.4, 0.5) is 0 Å². The number of thiophene rings is 1. The zero-order valence-electron chi connectivity index (χ0n) is 16.5. The van der Waals surface area contributed by atoms with E-state index >= 15 is 0 Å². The number of aliphatic hydroxyl groups excluding tert-OH is 1. The Labute approximate surface area is 165 Å². The number of hydrogen-bond donors (Lipinski definition) is 3. The van der Waals surface area contributed by atoms with Crippen molar-refractivity contribution in [2.24, 2.45) is 4.99 Å². The Morgan fingerprint density at radius 1 is 1.41 bits per heavy atom. The van der Waals surface area contributed by atoms with Crippen molar-refractivity contribution in [1.82, 2.24) is 15.5 Å². The Hall–Kier alpha value is -1.65. The summed E-state index contributed by atoms with van der Waals surface area (Å²) in [5.41, 5.74) is -0.334. The first-order valence-corrected chi connectivity index (χ1v) is 11.2. The van der Waals surface area contributed by atoms with Crippen LogP contribution in [0, 0.1) is 0 Å². The lowest BCUT2D eigenvalue weighted by Gasteiger charge is -2.25. The van der Waals surface area contributed by atoms with Crippen LogP contribution in [0.25, 0.3) is 0 Å². The second kappa shape index (κ2) is 10.0. The minimum atomic E-state index is -3.53. The van der Waals surface area contributed by atoms with Crippen LogP contribution in [0.1, 0.15) is 27.7 Å². The lowest BCUT2D eigenvalue weighted by molar-refractivity contribution is -0.122. The highest BCUT2D eigenvalue weighted by Gasteiger charge is 2.21. The number of carbonyl (C=O) groups is 1. The van der Waals surface area contributed by atoms with E-state index in [9.17, 15) is 18.3 Å². The van der Waals surface area contributed by atoms with Crippen molar-refractivity contribution < 1.29 is 18.3 Å². The summed E-state index contributed by atoms with van der Waals surface area (Å²) in [5.74, 6) is -0.129. The molecule has 154 valence electrons. The molecule has 1 amide bonds. The maximum atomic E-state index is 12.2. The van der Waals surface area contributed by atoms with Gasteiger partial charge >= 0.3 is 0 Å². The fourth-order valence-electron chi connectivity index (χ4n) is 2.24. The fourth-order valence-corrected chi connectivity index (χ4v) is 4.71. The van der Waals surface area contributed by atoms with Gasteiger partial charge in [-0.25, -0.2) is 8.42 Å². The van der Waals surface area contributed by atoms with Gasteiger partial charge in [-0.15, -0.1) is 11.3 Å². The molecule has 0 radical (unpaired) electrons. The zero-order valence-corrected chi connectivity index (χ0v) is 18.2. The van der Waals surface area contributed by atoms with Crippen molar-refractivity contribution in [1.29, 1.82) is 0 Å². The number of aliphatic hydroxyl groups is 1. The van der Waals surface area contributed by atoms with Gasteiger partial charge in [0.25, 0.3) is 0 Å². The quantitative estimate of drug-likeness (QED) is 0.423. The molecular formula is C17H30N4O4S2. The summed E-state index contributed by atoms with van der Waals surface area (Å²) in [7, 11) is -1.83. The number of rotatable bonds is 8. The Balaban J connectivity index is 2.70. The number of aliphatic imine (C=N–C) groups is 1. The van der Waals surface area contributed by atoms with E-state index < -0.39 is 21.7 Å². The van der Waals surface area contributed by atoms with Crippen LogP contribution in [-0.2, 0) is 14.6 Å². The summed E-state index contributed by atoms with van der Waals surface area (Å²) in [4.78, 5) is 18.0. The van der Waals surface area contributed by atoms with Crippen LogP contribution in [-0.4, -0.2) is 74.4 Å². The Morgan fingerprint density at radius 2 is 2.07 bits per heavy atom. The van der Waals surface area contributed by atoms with E-state index in [1.807, 2.05) is 27.7 Å². The molecule has 1 heterocycles. The van der Waals surface area contributed by atoms with Gasteiger partial charge in [-0.2, -0.15) is 0 Å². The largest absolute Gasteiger partial charge is 0.390 e. The molecular weight excluding hydrogens is 388 g/mol. The molecule has 1 rings (SSSR count). The Bertz CT molecular complexity index is 725. The van der Waals surface area contributed by atoms with Crippen LogP contribution >= 0.6 is 11.3 Å². The summed E-state index contributed by atoms with van der Waals surface area (Å²) in [6.07, 6.45) is -1.14. The molecule has 0 aliphatic heterocycles. The molecule has 0 spiro atoms. The van der Waals surface area contributed by atoms with E-state index in [0.29, 0.717) is 12.5 Å². The summed E-state index contributed by atoms with van der Waals surface area (Å²) in [5, 5.41) is 17.7. The van der Waals surface area contributed by atoms with E-state index in [-0.39, 0.29) is 28.7 Å². The van der Waals surface area contributed by atoms with Crippen molar-refractivity contribution in [3.63, 3.8) is 0 Å². The van der Waals surface area contributed by atoms with Gasteiger partial charge in [0.05, 0.1) is 24.9 Å². The predicted molar refractivity (Wildman–Crippen MR) is 109 cm³/mol. The monoisotopic (exact) mass is 418 g/mol. The van der Waals surface area contributed by atoms with E-state index in [1.165, 1.54) is 6.07 Å². The summed E-state index contributed by atoms with van der Waals surface area (Å²) >= 11 is 1.12. The number of likely N-dealkylation sites (N-methyl/N-ethyl adjacent to an activating group) is 1. The van der Waals surface area contributed by atoms with Crippen molar-refractivity contribution in [2.75, 3.05) is 32.4 Å². The number of nitrogens with one attached hydrogen (secondary N) is 2. The third-order valence-corrected chi connectivity index (χ3v) is 6.54. The first kappa shape index (κ1) is 23.4. The maximum absolute atomic E-state index is 12.2. The van der Waals surface area contributed by atoms with Gasteiger partial charge < -0.3 is 20.6 Å². The van der Waals surface area contributed by atoms with Crippen molar-refractivity contribution in [3.05, 3.63) is 17.5 Å². The Morgan fingerprint density at radius 3 is 2.59 bits per heavy atom. The standard InChI is InChI=1S/C17H30N4O4S2/c1-6-18-16(21(5)11-14(23)20-17(2,3)4)19-10-13(22)12-27(24,25)15-8-7-9-26-15/h7-9,13,22H,6,10-12H2,1-5H3,(H,18,19)(H,20,23). The molecule has 27 heavy (non-hydrogen) atoms. The molecule has 0 saturated carbocycles.